The van der Waals surface area contributed by atoms with Crippen molar-refractivity contribution in [1.29, 1.82) is 0 Å². The van der Waals surface area contributed by atoms with Gasteiger partial charge in [0, 0.05) is 24.1 Å². The van der Waals surface area contributed by atoms with Gasteiger partial charge < -0.3 is 19.8 Å². The molecule has 2 fully saturated rings. The van der Waals surface area contributed by atoms with Gasteiger partial charge in [-0.25, -0.2) is 9.38 Å². The van der Waals surface area contributed by atoms with Gasteiger partial charge in [0.15, 0.2) is 5.84 Å². The van der Waals surface area contributed by atoms with Crippen molar-refractivity contribution in [3.05, 3.63) is 57.9 Å². The van der Waals surface area contributed by atoms with E-state index < -0.39 is 0 Å². The lowest BCUT2D eigenvalue weighted by atomic mass is 9.77. The Bertz CT molecular complexity index is 1160. The minimum atomic E-state index is -0.304. The molecule has 2 aliphatic carbocycles. The summed E-state index contributed by atoms with van der Waals surface area (Å²) in [6, 6.07) is 6.21. The van der Waals surface area contributed by atoms with Crippen LogP contribution in [-0.4, -0.2) is 32.9 Å². The first-order chi connectivity index (χ1) is 15.5. The van der Waals surface area contributed by atoms with Crippen LogP contribution in [0.1, 0.15) is 30.4 Å². The number of rotatable bonds is 4. The fourth-order valence-electron chi connectivity index (χ4n) is 5.83. The number of hydrogen-bond donors (Lipinski definition) is 3. The van der Waals surface area contributed by atoms with E-state index in [0.29, 0.717) is 24.2 Å². The van der Waals surface area contributed by atoms with Gasteiger partial charge >= 0.3 is 0 Å². The average molecular weight is 472 g/mol. The SMILES string of the molecule is O=C1C(C2=Nc3scc(CO)c3SN2)=C(O)[C@@H]2[C@H]3CC[C@H](C3)[C@@H]2N1Cc1ccc(F)cc1. The number of amidine groups is 1. The van der Waals surface area contributed by atoms with Crippen molar-refractivity contribution in [3.63, 3.8) is 0 Å². The van der Waals surface area contributed by atoms with Gasteiger partial charge in [-0.05, 0) is 66.1 Å². The van der Waals surface area contributed by atoms with E-state index in [1.807, 2.05) is 10.3 Å². The first-order valence-corrected chi connectivity index (χ1v) is 12.5. The zero-order valence-electron chi connectivity index (χ0n) is 17.1. The average Bonchev–Trinajstić information content (AvgIpc) is 3.52. The van der Waals surface area contributed by atoms with Crippen molar-refractivity contribution < 1.29 is 19.4 Å². The summed E-state index contributed by atoms with van der Waals surface area (Å²) in [5.74, 6) is 0.618. The number of thiophene rings is 1. The molecule has 166 valence electrons. The number of aliphatic imine (C=N–C) groups is 1. The zero-order valence-corrected chi connectivity index (χ0v) is 18.8. The summed E-state index contributed by atoms with van der Waals surface area (Å²) in [6.45, 7) is 0.302. The highest BCUT2D eigenvalue weighted by molar-refractivity contribution is 7.98. The maximum Gasteiger partial charge on any atom is 0.261 e. The van der Waals surface area contributed by atoms with E-state index in [9.17, 15) is 19.4 Å². The lowest BCUT2D eigenvalue weighted by Gasteiger charge is -2.44. The molecule has 1 aromatic heterocycles. The Hall–Kier alpha value is -2.36. The molecule has 0 spiro atoms. The summed E-state index contributed by atoms with van der Waals surface area (Å²) in [5, 5.41) is 23.4. The van der Waals surface area contributed by atoms with E-state index in [0.717, 1.165) is 40.3 Å². The minimum Gasteiger partial charge on any atom is -0.511 e. The smallest absolute Gasteiger partial charge is 0.261 e. The number of halogens is 1. The number of carbonyl (C=O) groups is 1. The van der Waals surface area contributed by atoms with Gasteiger partial charge in [-0.1, -0.05) is 12.1 Å². The minimum absolute atomic E-state index is 0.0369. The maximum absolute atomic E-state index is 13.8. The maximum atomic E-state index is 13.8. The molecule has 1 amide bonds. The number of carbonyl (C=O) groups excluding carboxylic acids is 1. The van der Waals surface area contributed by atoms with E-state index in [1.165, 1.54) is 35.4 Å². The highest BCUT2D eigenvalue weighted by atomic mass is 32.2. The zero-order chi connectivity index (χ0) is 22.0. The second kappa shape index (κ2) is 7.60. The third-order valence-electron chi connectivity index (χ3n) is 7.21. The molecule has 0 radical (unpaired) electrons. The number of amides is 1. The number of aliphatic hydroxyl groups excluding tert-OH is 2. The van der Waals surface area contributed by atoms with Gasteiger partial charge in [0.1, 0.15) is 22.2 Å². The molecule has 32 heavy (non-hydrogen) atoms. The summed E-state index contributed by atoms with van der Waals surface area (Å²) in [5.41, 5.74) is 1.89. The lowest BCUT2D eigenvalue weighted by molar-refractivity contribution is -0.134. The molecular formula is C23H22FN3O3S2. The van der Waals surface area contributed by atoms with Crippen LogP contribution >= 0.6 is 23.3 Å². The standard InChI is InChI=1S/C23H22FN3O3S2/c24-15-5-1-11(2-6-15)8-27-18-13-4-3-12(7-13)16(18)19(29)17(23(27)30)21-25-22-20(32-26-21)14(9-28)10-31-22/h1-2,5-6,10,12-13,16,18,28-29H,3-4,7-9H2,(H,25,26)/t12-,13+,16+,18-/m0/s1. The molecular weight excluding hydrogens is 449 g/mol. The Kier molecular flexibility index (Phi) is 4.81. The van der Waals surface area contributed by atoms with E-state index in [2.05, 4.69) is 9.71 Å². The first kappa shape index (κ1) is 20.3. The Labute approximate surface area is 193 Å². The molecule has 2 saturated carbocycles. The monoisotopic (exact) mass is 471 g/mol. The van der Waals surface area contributed by atoms with Crippen molar-refractivity contribution in [2.24, 2.45) is 22.7 Å². The van der Waals surface area contributed by atoms with E-state index >= 15 is 0 Å². The van der Waals surface area contributed by atoms with E-state index in [-0.39, 0.29) is 41.6 Å². The summed E-state index contributed by atoms with van der Waals surface area (Å²) < 4.78 is 16.6. The molecule has 0 saturated heterocycles. The van der Waals surface area contributed by atoms with Crippen LogP contribution in [-0.2, 0) is 17.9 Å². The van der Waals surface area contributed by atoms with Crippen molar-refractivity contribution in [3.8, 4) is 0 Å². The van der Waals surface area contributed by atoms with Crippen LogP contribution in [0, 0.1) is 23.6 Å². The van der Waals surface area contributed by atoms with E-state index in [1.54, 1.807) is 12.1 Å². The molecule has 3 N–H and O–H groups in total. The molecule has 0 unspecified atom stereocenters. The van der Waals surface area contributed by atoms with Gasteiger partial charge in [0.25, 0.3) is 5.91 Å². The molecule has 2 aliphatic heterocycles. The molecule has 1 aromatic carbocycles. The van der Waals surface area contributed by atoms with Crippen LogP contribution in [0.2, 0.25) is 0 Å². The van der Waals surface area contributed by atoms with Crippen LogP contribution in [0.5, 0.6) is 0 Å². The van der Waals surface area contributed by atoms with Crippen molar-refractivity contribution in [2.75, 3.05) is 0 Å². The Balaban J connectivity index is 1.41. The number of nitrogens with one attached hydrogen (secondary N) is 1. The van der Waals surface area contributed by atoms with Crippen molar-refractivity contribution in [2.45, 2.75) is 43.4 Å². The Morgan fingerprint density at radius 2 is 2.00 bits per heavy atom. The van der Waals surface area contributed by atoms with Gasteiger partial charge in [0.05, 0.1) is 11.5 Å². The van der Waals surface area contributed by atoms with Gasteiger partial charge in [-0.3, -0.25) is 4.79 Å². The highest BCUT2D eigenvalue weighted by Crippen LogP contribution is 2.55. The van der Waals surface area contributed by atoms with Crippen molar-refractivity contribution in [1.82, 2.24) is 9.62 Å². The van der Waals surface area contributed by atoms with Crippen LogP contribution < -0.4 is 4.72 Å². The topological polar surface area (TPSA) is 85.2 Å². The molecule has 3 heterocycles. The number of hydrogen-bond acceptors (Lipinski definition) is 7. The fourth-order valence-corrected chi connectivity index (χ4v) is 7.74. The molecule has 9 heteroatoms. The highest BCUT2D eigenvalue weighted by Gasteiger charge is 2.57. The Morgan fingerprint density at radius 3 is 2.78 bits per heavy atom. The summed E-state index contributed by atoms with van der Waals surface area (Å²) in [6.07, 6.45) is 3.15. The predicted molar refractivity (Wildman–Crippen MR) is 121 cm³/mol. The predicted octanol–water partition coefficient (Wildman–Crippen LogP) is 4.29. The fraction of sp³-hybridized carbons (Fsp3) is 0.391. The first-order valence-electron chi connectivity index (χ1n) is 10.8. The number of benzene rings is 1. The van der Waals surface area contributed by atoms with Gasteiger partial charge in [-0.2, -0.15) is 0 Å². The number of aliphatic hydroxyl groups is 2. The number of nitrogens with zero attached hydrogens (tertiary/aromatic N) is 2. The normalized spacial score (nSPS) is 28.5. The largest absolute Gasteiger partial charge is 0.511 e. The third-order valence-corrected chi connectivity index (χ3v) is 9.22. The molecule has 2 bridgehead atoms. The van der Waals surface area contributed by atoms with Crippen LogP contribution in [0.3, 0.4) is 0 Å². The lowest BCUT2D eigenvalue weighted by Crippen LogP contribution is -2.53. The molecule has 6 nitrogen and oxygen atoms in total. The van der Waals surface area contributed by atoms with E-state index in [4.69, 9.17) is 0 Å². The molecule has 4 atom stereocenters. The van der Waals surface area contributed by atoms with Crippen LogP contribution in [0.15, 0.2) is 50.9 Å². The molecule has 4 aliphatic rings. The van der Waals surface area contributed by atoms with Gasteiger partial charge in [-0.15, -0.1) is 11.3 Å². The molecule has 6 rings (SSSR count). The summed E-state index contributed by atoms with van der Waals surface area (Å²) >= 11 is 2.72. The third kappa shape index (κ3) is 3.02. The quantitative estimate of drug-likeness (QED) is 0.580. The van der Waals surface area contributed by atoms with Gasteiger partial charge in [0.2, 0.25) is 0 Å². The summed E-state index contributed by atoms with van der Waals surface area (Å²) in [7, 11) is 0. The molecule has 2 aromatic rings. The second-order valence-electron chi connectivity index (χ2n) is 8.89. The van der Waals surface area contributed by atoms with Crippen LogP contribution in [0.4, 0.5) is 9.39 Å². The number of fused-ring (bicyclic) bond motifs is 6. The Morgan fingerprint density at radius 1 is 1.22 bits per heavy atom. The van der Waals surface area contributed by atoms with Crippen LogP contribution in [0.25, 0.3) is 0 Å². The summed E-state index contributed by atoms with van der Waals surface area (Å²) in [4.78, 5) is 21.1. The second-order valence-corrected chi connectivity index (χ2v) is 10.6. The van der Waals surface area contributed by atoms with Crippen molar-refractivity contribution >= 4 is 40.0 Å².